The van der Waals surface area contributed by atoms with Crippen molar-refractivity contribution in [1.82, 2.24) is 10.2 Å². The fourth-order valence-corrected chi connectivity index (χ4v) is 1.83. The van der Waals surface area contributed by atoms with E-state index in [1.807, 2.05) is 6.07 Å². The van der Waals surface area contributed by atoms with Crippen LogP contribution in [-0.2, 0) is 12.3 Å². The molecule has 6 heteroatoms. The molecule has 1 aromatic rings. The predicted molar refractivity (Wildman–Crippen MR) is 70.9 cm³/mol. The van der Waals surface area contributed by atoms with Gasteiger partial charge in [-0.2, -0.15) is 8.78 Å². The molecule has 0 bridgehead atoms. The molecule has 0 aliphatic rings. The molecule has 1 heterocycles. The van der Waals surface area contributed by atoms with Gasteiger partial charge in [0.2, 0.25) is 0 Å². The van der Waals surface area contributed by atoms with Crippen LogP contribution in [0.2, 0.25) is 0 Å². The minimum absolute atomic E-state index is 0.218. The Kier molecular flexibility index (Phi) is 7.31. The number of likely N-dealkylation sites (N-methyl/N-ethyl adjacent to an activating group) is 1. The van der Waals surface area contributed by atoms with Crippen LogP contribution in [0.25, 0.3) is 0 Å². The number of hydrogen-bond acceptors (Lipinski definition) is 4. The van der Waals surface area contributed by atoms with Gasteiger partial charge in [0, 0.05) is 13.1 Å². The summed E-state index contributed by atoms with van der Waals surface area (Å²) in [7, 11) is 2.06. The SMILES string of the molecule is CCN(C)CCNCc1ccc(CSC(F)F)o1. The van der Waals surface area contributed by atoms with Crippen molar-refractivity contribution in [1.29, 1.82) is 0 Å². The Bertz CT molecular complexity index is 334. The average molecular weight is 278 g/mol. The molecule has 0 saturated heterocycles. The van der Waals surface area contributed by atoms with Crippen LogP contribution < -0.4 is 5.32 Å². The van der Waals surface area contributed by atoms with Crippen LogP contribution in [0, 0.1) is 0 Å². The molecule has 0 atom stereocenters. The number of halogens is 2. The summed E-state index contributed by atoms with van der Waals surface area (Å²) in [6.07, 6.45) is 0. The van der Waals surface area contributed by atoms with Gasteiger partial charge in [0.05, 0.1) is 12.3 Å². The highest BCUT2D eigenvalue weighted by Gasteiger charge is 2.07. The van der Waals surface area contributed by atoms with Gasteiger partial charge in [-0.3, -0.25) is 0 Å². The van der Waals surface area contributed by atoms with E-state index in [0.717, 1.165) is 25.4 Å². The zero-order valence-corrected chi connectivity index (χ0v) is 11.6. The van der Waals surface area contributed by atoms with Crippen LogP contribution in [0.15, 0.2) is 16.5 Å². The van der Waals surface area contributed by atoms with Crippen LogP contribution in [0.5, 0.6) is 0 Å². The number of nitrogens with one attached hydrogen (secondary N) is 1. The lowest BCUT2D eigenvalue weighted by atomic mass is 10.4. The molecule has 1 rings (SSSR count). The summed E-state index contributed by atoms with van der Waals surface area (Å²) in [4.78, 5) is 2.21. The summed E-state index contributed by atoms with van der Waals surface area (Å²) >= 11 is 0.579. The van der Waals surface area contributed by atoms with Gasteiger partial charge in [0.15, 0.2) is 0 Å². The fraction of sp³-hybridized carbons (Fsp3) is 0.667. The highest BCUT2D eigenvalue weighted by atomic mass is 32.2. The molecule has 1 aromatic heterocycles. The van der Waals surface area contributed by atoms with Gasteiger partial charge in [-0.25, -0.2) is 0 Å². The van der Waals surface area contributed by atoms with Crippen molar-refractivity contribution in [2.75, 3.05) is 26.7 Å². The molecule has 1 N–H and O–H groups in total. The molecule has 0 fully saturated rings. The molecule has 0 amide bonds. The van der Waals surface area contributed by atoms with E-state index in [0.29, 0.717) is 24.1 Å². The molecule has 0 aromatic carbocycles. The maximum atomic E-state index is 12.0. The highest BCUT2D eigenvalue weighted by Crippen LogP contribution is 2.21. The second kappa shape index (κ2) is 8.50. The Labute approximate surface area is 111 Å². The lowest BCUT2D eigenvalue weighted by molar-refractivity contribution is 0.251. The third kappa shape index (κ3) is 6.37. The van der Waals surface area contributed by atoms with E-state index in [-0.39, 0.29) is 5.75 Å². The van der Waals surface area contributed by atoms with Gasteiger partial charge in [-0.15, -0.1) is 0 Å². The van der Waals surface area contributed by atoms with Crippen molar-refractivity contribution in [2.24, 2.45) is 0 Å². The minimum Gasteiger partial charge on any atom is -0.464 e. The average Bonchev–Trinajstić information content (AvgIpc) is 2.79. The number of hydrogen-bond donors (Lipinski definition) is 1. The van der Waals surface area contributed by atoms with E-state index < -0.39 is 5.76 Å². The molecule has 0 aliphatic carbocycles. The van der Waals surface area contributed by atoms with Crippen LogP contribution in [-0.4, -0.2) is 37.3 Å². The first kappa shape index (κ1) is 15.5. The summed E-state index contributed by atoms with van der Waals surface area (Å²) < 4.78 is 29.4. The van der Waals surface area contributed by atoms with Gasteiger partial charge in [-0.05, 0) is 25.7 Å². The van der Waals surface area contributed by atoms with Crippen molar-refractivity contribution in [3.63, 3.8) is 0 Å². The van der Waals surface area contributed by atoms with E-state index in [1.165, 1.54) is 0 Å². The topological polar surface area (TPSA) is 28.4 Å². The van der Waals surface area contributed by atoms with Crippen LogP contribution in [0.4, 0.5) is 8.78 Å². The molecule has 3 nitrogen and oxygen atoms in total. The second-order valence-electron chi connectivity index (χ2n) is 4.01. The molecular formula is C12H20F2N2OS. The highest BCUT2D eigenvalue weighted by molar-refractivity contribution is 7.98. The number of thioether (sulfide) groups is 1. The van der Waals surface area contributed by atoms with Crippen molar-refractivity contribution in [2.45, 2.75) is 25.0 Å². The van der Waals surface area contributed by atoms with Crippen molar-refractivity contribution >= 4 is 11.8 Å². The summed E-state index contributed by atoms with van der Waals surface area (Å²) in [5.41, 5.74) is 0. The second-order valence-corrected chi connectivity index (χ2v) is 4.99. The maximum absolute atomic E-state index is 12.0. The minimum atomic E-state index is -2.35. The van der Waals surface area contributed by atoms with Gasteiger partial charge in [-0.1, -0.05) is 18.7 Å². The number of rotatable bonds is 9. The van der Waals surface area contributed by atoms with Crippen molar-refractivity contribution in [3.05, 3.63) is 23.7 Å². The van der Waals surface area contributed by atoms with E-state index in [4.69, 9.17) is 4.42 Å². The zero-order valence-electron chi connectivity index (χ0n) is 10.8. The molecule has 0 spiro atoms. The maximum Gasteiger partial charge on any atom is 0.284 e. The molecule has 104 valence electrons. The van der Waals surface area contributed by atoms with E-state index in [1.54, 1.807) is 6.07 Å². The number of alkyl halides is 2. The quantitative estimate of drug-likeness (QED) is 0.703. The Morgan fingerprint density at radius 3 is 2.78 bits per heavy atom. The van der Waals surface area contributed by atoms with E-state index in [9.17, 15) is 8.78 Å². The molecule has 0 unspecified atom stereocenters. The smallest absolute Gasteiger partial charge is 0.284 e. The predicted octanol–water partition coefficient (Wildman–Crippen LogP) is 2.78. The standard InChI is InChI=1S/C12H20F2N2OS/c1-3-16(2)7-6-15-8-10-4-5-11(17-10)9-18-12(13)14/h4-5,12,15H,3,6-9H2,1-2H3. The van der Waals surface area contributed by atoms with Crippen LogP contribution in [0.3, 0.4) is 0 Å². The Morgan fingerprint density at radius 1 is 1.39 bits per heavy atom. The molecular weight excluding hydrogens is 258 g/mol. The molecule has 0 saturated carbocycles. The summed E-state index contributed by atoms with van der Waals surface area (Å²) in [5.74, 6) is -0.737. The third-order valence-corrected chi connectivity index (χ3v) is 3.28. The van der Waals surface area contributed by atoms with Gasteiger partial charge in [0.1, 0.15) is 11.5 Å². The van der Waals surface area contributed by atoms with Crippen molar-refractivity contribution < 1.29 is 13.2 Å². The Hall–Kier alpha value is -0.590. The van der Waals surface area contributed by atoms with Gasteiger partial charge >= 0.3 is 0 Å². The largest absolute Gasteiger partial charge is 0.464 e. The molecule has 18 heavy (non-hydrogen) atoms. The van der Waals surface area contributed by atoms with Crippen molar-refractivity contribution in [3.8, 4) is 0 Å². The van der Waals surface area contributed by atoms with Gasteiger partial charge in [0.25, 0.3) is 5.76 Å². The Morgan fingerprint density at radius 2 is 2.11 bits per heavy atom. The monoisotopic (exact) mass is 278 g/mol. The summed E-state index contributed by atoms with van der Waals surface area (Å²) in [5, 5.41) is 3.25. The number of furan rings is 1. The Balaban J connectivity index is 2.19. The van der Waals surface area contributed by atoms with E-state index >= 15 is 0 Å². The summed E-state index contributed by atoms with van der Waals surface area (Å²) in [6.45, 7) is 5.63. The van der Waals surface area contributed by atoms with Gasteiger partial charge < -0.3 is 14.6 Å². The first-order valence-corrected chi connectivity index (χ1v) is 7.03. The molecule has 0 aliphatic heterocycles. The van der Waals surface area contributed by atoms with Crippen LogP contribution >= 0.6 is 11.8 Å². The first-order chi connectivity index (χ1) is 8.61. The normalized spacial score (nSPS) is 11.7. The third-order valence-electron chi connectivity index (χ3n) is 2.58. The lowest BCUT2D eigenvalue weighted by Crippen LogP contribution is -2.28. The van der Waals surface area contributed by atoms with E-state index in [2.05, 4.69) is 24.2 Å². The zero-order chi connectivity index (χ0) is 13.4. The number of nitrogens with zero attached hydrogens (tertiary/aromatic N) is 1. The lowest BCUT2D eigenvalue weighted by Gasteiger charge is -2.13. The molecule has 0 radical (unpaired) electrons. The fourth-order valence-electron chi connectivity index (χ4n) is 1.38. The first-order valence-electron chi connectivity index (χ1n) is 5.98. The summed E-state index contributed by atoms with van der Waals surface area (Å²) in [6, 6.07) is 3.59. The van der Waals surface area contributed by atoms with Crippen LogP contribution in [0.1, 0.15) is 18.4 Å².